The summed E-state index contributed by atoms with van der Waals surface area (Å²) in [5, 5.41) is 35.0. The lowest BCUT2D eigenvalue weighted by molar-refractivity contribution is -0.400. The molecule has 0 saturated carbocycles. The molecule has 0 aliphatic rings. The number of phenols is 2. The Balaban J connectivity index is 0.000000203. The van der Waals surface area contributed by atoms with Crippen LogP contribution in [0.1, 0.15) is 20.7 Å². The molecule has 0 radical (unpaired) electrons. The summed E-state index contributed by atoms with van der Waals surface area (Å²) in [5.41, 5.74) is -1.25. The standard InChI is InChI=1S/2C7H6O6S.C6H6N4/c2*8-6-2-1-4(14(11,12)13)3-5(6)7(9)10;1-2-8-5(7-1)6-9-3-4-10-6/h2*1-3,8H,(H,9,10)(H,11,12,13);1-4H,(H,7,8)(H,9,10). The summed E-state index contributed by atoms with van der Waals surface area (Å²) in [4.78, 5) is 31.6. The molecule has 8 N–H and O–H groups in total. The van der Waals surface area contributed by atoms with E-state index in [9.17, 15) is 35.5 Å². The van der Waals surface area contributed by atoms with E-state index >= 15 is 0 Å². The summed E-state index contributed by atoms with van der Waals surface area (Å²) >= 11 is 0. The van der Waals surface area contributed by atoms with Gasteiger partial charge < -0.3 is 29.5 Å². The molecule has 0 bridgehead atoms. The van der Waals surface area contributed by atoms with Crippen LogP contribution in [-0.2, 0) is 20.2 Å². The number of H-pyrrole nitrogens is 4. The first-order chi connectivity index (χ1) is 17.6. The average molecular weight is 571 g/mol. The van der Waals surface area contributed by atoms with E-state index in [0.29, 0.717) is 12.1 Å². The monoisotopic (exact) mass is 570 g/mol. The highest BCUT2D eigenvalue weighted by Crippen LogP contribution is 2.21. The minimum Gasteiger partial charge on any atom is -0.744 e. The highest BCUT2D eigenvalue weighted by Gasteiger charge is 2.14. The average Bonchev–Trinajstić information content (AvgIpc) is 3.53. The first kappa shape index (κ1) is 29.5. The third-order valence-electron chi connectivity index (χ3n) is 4.30. The lowest BCUT2D eigenvalue weighted by atomic mass is 10.2. The zero-order valence-electron chi connectivity index (χ0n) is 18.6. The number of aromatic nitrogens is 4. The number of carboxylic acid groups (broad SMARTS) is 2. The molecule has 0 aliphatic heterocycles. The van der Waals surface area contributed by atoms with Crippen molar-refractivity contribution in [2.24, 2.45) is 0 Å². The van der Waals surface area contributed by atoms with E-state index in [0.717, 1.165) is 35.9 Å². The molecule has 18 heteroatoms. The molecule has 2 aromatic heterocycles. The van der Waals surface area contributed by atoms with Crippen molar-refractivity contribution in [1.82, 2.24) is 9.97 Å². The van der Waals surface area contributed by atoms with E-state index in [4.69, 9.17) is 20.4 Å². The Morgan fingerprint density at radius 1 is 0.684 bits per heavy atom. The lowest BCUT2D eigenvalue weighted by Crippen LogP contribution is -2.09. The van der Waals surface area contributed by atoms with Gasteiger partial charge in [-0.25, -0.2) is 46.4 Å². The second-order valence-electron chi connectivity index (χ2n) is 6.87. The Morgan fingerprint density at radius 2 is 1.03 bits per heavy atom. The molecule has 0 saturated heterocycles. The second kappa shape index (κ2) is 12.0. The molecule has 0 unspecified atom stereocenters. The topological polar surface area (TPSA) is 289 Å². The van der Waals surface area contributed by atoms with Crippen LogP contribution in [0.2, 0.25) is 0 Å². The SMILES string of the molecule is O=C(O)c1cc(S(=O)(=O)[O-])ccc1O.O=C(O)c1cc(S(=O)(=O)[O-])ccc1O.c1c[nH+]c(-c2[nH]cc[nH+]2)[nH]1. The normalized spacial score (nSPS) is 10.9. The number of nitrogens with one attached hydrogen (secondary N) is 4. The van der Waals surface area contributed by atoms with Gasteiger partial charge in [-0.15, -0.1) is 0 Å². The number of hydrogen-bond acceptors (Lipinski definition) is 10. The summed E-state index contributed by atoms with van der Waals surface area (Å²) < 4.78 is 62.9. The second-order valence-corrected chi connectivity index (χ2v) is 9.63. The quantitative estimate of drug-likeness (QED) is 0.167. The maximum absolute atomic E-state index is 10.5. The van der Waals surface area contributed by atoms with Crippen molar-refractivity contribution in [1.29, 1.82) is 0 Å². The number of hydrogen-bond donors (Lipinski definition) is 6. The van der Waals surface area contributed by atoms with Crippen LogP contribution in [0.25, 0.3) is 11.6 Å². The van der Waals surface area contributed by atoms with Crippen LogP contribution < -0.4 is 9.97 Å². The third kappa shape index (κ3) is 8.13. The van der Waals surface area contributed by atoms with E-state index in [1.165, 1.54) is 0 Å². The molecule has 0 spiro atoms. The Morgan fingerprint density at radius 3 is 1.26 bits per heavy atom. The van der Waals surface area contributed by atoms with Crippen LogP contribution in [-0.4, -0.2) is 68.3 Å². The van der Waals surface area contributed by atoms with Gasteiger partial charge in [0.15, 0.2) is 0 Å². The number of carbonyl (C=O) groups is 2. The van der Waals surface area contributed by atoms with Crippen molar-refractivity contribution < 1.29 is 65.9 Å². The fraction of sp³-hybridized carbons (Fsp3) is 0. The van der Waals surface area contributed by atoms with Crippen LogP contribution in [0, 0.1) is 0 Å². The molecular weight excluding hydrogens is 552 g/mol. The molecule has 0 atom stereocenters. The Kier molecular flexibility index (Phi) is 9.28. The maximum atomic E-state index is 10.5. The number of carboxylic acids is 2. The Labute approximate surface area is 213 Å². The molecule has 2 heterocycles. The van der Waals surface area contributed by atoms with Gasteiger partial charge in [-0.1, -0.05) is 0 Å². The predicted octanol–water partition coefficient (Wildman–Crippen LogP) is -0.373. The third-order valence-corrected chi connectivity index (χ3v) is 5.96. The highest BCUT2D eigenvalue weighted by atomic mass is 32.2. The van der Waals surface area contributed by atoms with Crippen molar-refractivity contribution in [2.75, 3.05) is 0 Å². The fourth-order valence-corrected chi connectivity index (χ4v) is 3.55. The highest BCUT2D eigenvalue weighted by molar-refractivity contribution is 7.86. The van der Waals surface area contributed by atoms with Crippen LogP contribution in [0.4, 0.5) is 0 Å². The number of aromatic hydroxyl groups is 2. The van der Waals surface area contributed by atoms with E-state index in [2.05, 4.69) is 19.9 Å². The van der Waals surface area contributed by atoms with Crippen molar-refractivity contribution in [3.05, 3.63) is 72.3 Å². The zero-order valence-corrected chi connectivity index (χ0v) is 20.3. The minimum absolute atomic E-state index is 0.593. The number of rotatable bonds is 5. The van der Waals surface area contributed by atoms with Crippen molar-refractivity contribution >= 4 is 32.2 Å². The fourth-order valence-electron chi connectivity index (χ4n) is 2.56. The van der Waals surface area contributed by atoms with E-state index in [1.54, 1.807) is 0 Å². The summed E-state index contributed by atoms with van der Waals surface area (Å²) in [7, 11) is -9.40. The molecular formula is C20H18N4O12S2. The molecule has 4 aromatic rings. The van der Waals surface area contributed by atoms with Crippen molar-refractivity contribution in [2.45, 2.75) is 9.79 Å². The Bertz CT molecular complexity index is 1510. The predicted molar refractivity (Wildman–Crippen MR) is 120 cm³/mol. The smallest absolute Gasteiger partial charge is 0.368 e. The van der Waals surface area contributed by atoms with Gasteiger partial charge >= 0.3 is 23.6 Å². The lowest BCUT2D eigenvalue weighted by Gasteiger charge is -2.08. The number of aromatic amines is 4. The van der Waals surface area contributed by atoms with Gasteiger partial charge in [-0.3, -0.25) is 0 Å². The molecule has 0 amide bonds. The van der Waals surface area contributed by atoms with Crippen molar-refractivity contribution in [3.63, 3.8) is 0 Å². The van der Waals surface area contributed by atoms with Gasteiger partial charge in [0.1, 0.15) is 67.6 Å². The van der Waals surface area contributed by atoms with E-state index in [-0.39, 0.29) is 0 Å². The van der Waals surface area contributed by atoms with Crippen LogP contribution in [0.15, 0.2) is 71.0 Å². The van der Waals surface area contributed by atoms with Gasteiger partial charge in [-0.05, 0) is 36.4 Å². The number of aromatic carboxylic acids is 2. The van der Waals surface area contributed by atoms with Gasteiger partial charge in [0.05, 0.1) is 9.79 Å². The van der Waals surface area contributed by atoms with Crippen LogP contribution >= 0.6 is 0 Å². The molecule has 0 aliphatic carbocycles. The molecule has 2 aromatic carbocycles. The first-order valence-electron chi connectivity index (χ1n) is 9.76. The summed E-state index contributed by atoms with van der Waals surface area (Å²) in [6.07, 6.45) is 7.35. The summed E-state index contributed by atoms with van der Waals surface area (Å²) in [6, 6.07) is 4.58. The van der Waals surface area contributed by atoms with Gasteiger partial charge in [0.25, 0.3) is 0 Å². The van der Waals surface area contributed by atoms with Crippen molar-refractivity contribution in [3.8, 4) is 23.1 Å². The largest absolute Gasteiger partial charge is 0.744 e. The molecule has 38 heavy (non-hydrogen) atoms. The molecule has 0 fully saturated rings. The molecule has 16 nitrogen and oxygen atoms in total. The summed E-state index contributed by atoms with van der Waals surface area (Å²) in [6.45, 7) is 0. The molecule has 202 valence electrons. The number of imidazole rings is 2. The maximum Gasteiger partial charge on any atom is 0.368 e. The van der Waals surface area contributed by atoms with Crippen LogP contribution in [0.5, 0.6) is 11.5 Å². The number of benzene rings is 2. The van der Waals surface area contributed by atoms with Gasteiger partial charge in [-0.2, -0.15) is 0 Å². The zero-order chi connectivity index (χ0) is 28.7. The van der Waals surface area contributed by atoms with Crippen LogP contribution in [0.3, 0.4) is 0 Å². The van der Waals surface area contributed by atoms with E-state index in [1.807, 2.05) is 24.8 Å². The van der Waals surface area contributed by atoms with E-state index < -0.39 is 64.6 Å². The van der Waals surface area contributed by atoms with Gasteiger partial charge in [0.2, 0.25) is 0 Å². The molecule has 4 rings (SSSR count). The Hall–Kier alpha value is -4.78. The minimum atomic E-state index is -4.70. The van der Waals surface area contributed by atoms with Gasteiger partial charge in [0, 0.05) is 0 Å². The summed E-state index contributed by atoms with van der Waals surface area (Å²) in [5.74, 6) is -2.30. The first-order valence-corrected chi connectivity index (χ1v) is 12.6.